The van der Waals surface area contributed by atoms with E-state index in [1.165, 1.54) is 5.39 Å². The number of halogens is 1. The van der Waals surface area contributed by atoms with Crippen LogP contribution in [0.4, 0.5) is 0 Å². The van der Waals surface area contributed by atoms with Crippen LogP contribution in [0, 0.1) is 0 Å². The van der Waals surface area contributed by atoms with Gasteiger partial charge in [-0.1, -0.05) is 36.4 Å². The zero-order valence-electron chi connectivity index (χ0n) is 8.50. The fourth-order valence-corrected chi connectivity index (χ4v) is 2.57. The third kappa shape index (κ3) is 1.91. The first-order valence-corrected chi connectivity index (χ1v) is 5.55. The summed E-state index contributed by atoms with van der Waals surface area (Å²) in [5.41, 5.74) is 11.9. The number of rotatable bonds is 1. The molecule has 0 aliphatic carbocycles. The average molecular weight is 265 g/mol. The van der Waals surface area contributed by atoms with Gasteiger partial charge >= 0.3 is 0 Å². The van der Waals surface area contributed by atoms with E-state index in [1.54, 1.807) is 6.92 Å². The lowest BCUT2D eigenvalue weighted by Crippen LogP contribution is -2.42. The van der Waals surface area contributed by atoms with Gasteiger partial charge in [-0.2, -0.15) is 0 Å². The molecule has 78 valence electrons. The van der Waals surface area contributed by atoms with Gasteiger partial charge in [0.05, 0.1) is 5.66 Å². The maximum Gasteiger partial charge on any atom is 0.0881 e. The van der Waals surface area contributed by atoms with Gasteiger partial charge in [0.2, 0.25) is 0 Å². The second-order valence-corrected chi connectivity index (χ2v) is 4.72. The average Bonchev–Trinajstić information content (AvgIpc) is 2.16. The molecule has 0 amide bonds. The maximum absolute atomic E-state index is 5.90. The topological polar surface area (TPSA) is 52.0 Å². The largest absolute Gasteiger partial charge is 0.310 e. The van der Waals surface area contributed by atoms with Gasteiger partial charge in [-0.15, -0.1) is 0 Å². The van der Waals surface area contributed by atoms with Crippen LogP contribution in [0.25, 0.3) is 10.8 Å². The molecule has 4 N–H and O–H groups in total. The summed E-state index contributed by atoms with van der Waals surface area (Å²) in [5.74, 6) is 0. The lowest BCUT2D eigenvalue weighted by Gasteiger charge is -2.21. The van der Waals surface area contributed by atoms with Crippen LogP contribution < -0.4 is 11.5 Å². The summed E-state index contributed by atoms with van der Waals surface area (Å²) in [6.07, 6.45) is 0. The lowest BCUT2D eigenvalue weighted by atomic mass is 9.99. The minimum atomic E-state index is -0.817. The van der Waals surface area contributed by atoms with E-state index in [1.807, 2.05) is 24.3 Å². The van der Waals surface area contributed by atoms with E-state index in [0.717, 1.165) is 15.4 Å². The van der Waals surface area contributed by atoms with E-state index in [4.69, 9.17) is 11.5 Å². The Morgan fingerprint density at radius 2 is 1.73 bits per heavy atom. The molecule has 0 saturated carbocycles. The van der Waals surface area contributed by atoms with Crippen molar-refractivity contribution < 1.29 is 0 Å². The molecule has 0 aliphatic rings. The highest BCUT2D eigenvalue weighted by molar-refractivity contribution is 9.10. The molecular formula is C12H13BrN2. The smallest absolute Gasteiger partial charge is 0.0881 e. The molecule has 0 spiro atoms. The number of nitrogens with two attached hydrogens (primary N) is 2. The molecule has 3 heteroatoms. The van der Waals surface area contributed by atoms with E-state index < -0.39 is 5.66 Å². The Balaban J connectivity index is 2.76. The predicted molar refractivity (Wildman–Crippen MR) is 67.4 cm³/mol. The second-order valence-electron chi connectivity index (χ2n) is 3.93. The van der Waals surface area contributed by atoms with Crippen LogP contribution in [0.3, 0.4) is 0 Å². The Bertz CT molecular complexity index is 500. The first kappa shape index (κ1) is 10.6. The van der Waals surface area contributed by atoms with Crippen LogP contribution >= 0.6 is 15.9 Å². The van der Waals surface area contributed by atoms with Crippen LogP contribution in [0.1, 0.15) is 12.5 Å². The van der Waals surface area contributed by atoms with Crippen LogP contribution in [0.5, 0.6) is 0 Å². The molecule has 0 fully saturated rings. The van der Waals surface area contributed by atoms with Crippen LogP contribution in [-0.2, 0) is 5.66 Å². The monoisotopic (exact) mass is 264 g/mol. The number of fused-ring (bicyclic) bond motifs is 1. The first-order valence-electron chi connectivity index (χ1n) is 4.75. The van der Waals surface area contributed by atoms with E-state index in [0.29, 0.717) is 0 Å². The van der Waals surface area contributed by atoms with Gasteiger partial charge in [0, 0.05) is 10.0 Å². The second kappa shape index (κ2) is 3.59. The maximum atomic E-state index is 5.90. The molecule has 15 heavy (non-hydrogen) atoms. The Labute approximate surface area is 97.4 Å². The first-order chi connectivity index (χ1) is 7.00. The Hall–Kier alpha value is -0.900. The van der Waals surface area contributed by atoms with Gasteiger partial charge in [0.25, 0.3) is 0 Å². The molecule has 2 aromatic rings. The fraction of sp³-hybridized carbons (Fsp3) is 0.167. The Morgan fingerprint density at radius 1 is 1.07 bits per heavy atom. The van der Waals surface area contributed by atoms with Gasteiger partial charge in [-0.25, -0.2) is 0 Å². The van der Waals surface area contributed by atoms with Crippen molar-refractivity contribution >= 4 is 26.7 Å². The summed E-state index contributed by atoms with van der Waals surface area (Å²) in [6, 6.07) is 12.1. The van der Waals surface area contributed by atoms with Crippen molar-refractivity contribution in [3.05, 3.63) is 46.4 Å². The summed E-state index contributed by atoms with van der Waals surface area (Å²) >= 11 is 3.56. The van der Waals surface area contributed by atoms with Gasteiger partial charge in [-0.05, 0) is 33.6 Å². The van der Waals surface area contributed by atoms with Crippen molar-refractivity contribution in [2.24, 2.45) is 11.5 Å². The minimum Gasteiger partial charge on any atom is -0.310 e. The fourth-order valence-electron chi connectivity index (χ4n) is 1.65. The highest BCUT2D eigenvalue weighted by atomic mass is 79.9. The van der Waals surface area contributed by atoms with Crippen LogP contribution in [0.2, 0.25) is 0 Å². The number of hydrogen-bond acceptors (Lipinski definition) is 2. The minimum absolute atomic E-state index is 0.817. The van der Waals surface area contributed by atoms with Gasteiger partial charge in [0.1, 0.15) is 0 Å². The highest BCUT2D eigenvalue weighted by Gasteiger charge is 2.18. The quantitative estimate of drug-likeness (QED) is 0.779. The molecule has 2 nitrogen and oxygen atoms in total. The van der Waals surface area contributed by atoms with Gasteiger partial charge in [-0.3, -0.25) is 0 Å². The molecule has 2 aromatic carbocycles. The molecule has 0 radical (unpaired) electrons. The number of hydrogen-bond donors (Lipinski definition) is 2. The Morgan fingerprint density at radius 3 is 2.40 bits per heavy atom. The summed E-state index contributed by atoms with van der Waals surface area (Å²) in [4.78, 5) is 0. The molecule has 0 saturated heterocycles. The van der Waals surface area contributed by atoms with Crippen molar-refractivity contribution in [2.75, 3.05) is 0 Å². The van der Waals surface area contributed by atoms with Crippen molar-refractivity contribution in [3.63, 3.8) is 0 Å². The lowest BCUT2D eigenvalue weighted by molar-refractivity contribution is 0.519. The summed E-state index contributed by atoms with van der Waals surface area (Å²) in [6.45, 7) is 1.79. The van der Waals surface area contributed by atoms with Gasteiger partial charge in [0.15, 0.2) is 0 Å². The standard InChI is InChI=1S/C12H13BrN2/c1-12(14,15)10-7-6-8-4-2-3-5-9(8)11(10)13/h2-7H,14-15H2,1H3. The van der Waals surface area contributed by atoms with Crippen LogP contribution in [-0.4, -0.2) is 0 Å². The molecule has 0 aromatic heterocycles. The van der Waals surface area contributed by atoms with E-state index in [-0.39, 0.29) is 0 Å². The zero-order valence-corrected chi connectivity index (χ0v) is 10.1. The van der Waals surface area contributed by atoms with Crippen molar-refractivity contribution in [1.29, 1.82) is 0 Å². The zero-order chi connectivity index (χ0) is 11.1. The molecule has 0 atom stereocenters. The molecular weight excluding hydrogens is 252 g/mol. The third-order valence-corrected chi connectivity index (χ3v) is 3.30. The van der Waals surface area contributed by atoms with Crippen molar-refractivity contribution in [3.8, 4) is 0 Å². The molecule has 0 heterocycles. The SMILES string of the molecule is CC(N)(N)c1ccc2ccccc2c1Br. The number of benzene rings is 2. The van der Waals surface area contributed by atoms with E-state index >= 15 is 0 Å². The highest BCUT2D eigenvalue weighted by Crippen LogP contribution is 2.31. The predicted octanol–water partition coefficient (Wildman–Crippen LogP) is 2.69. The third-order valence-electron chi connectivity index (χ3n) is 2.44. The summed E-state index contributed by atoms with van der Waals surface area (Å²) < 4.78 is 0.980. The molecule has 0 unspecified atom stereocenters. The van der Waals surface area contributed by atoms with E-state index in [2.05, 4.69) is 28.1 Å². The Kier molecular flexibility index (Phi) is 2.54. The molecule has 0 aliphatic heterocycles. The van der Waals surface area contributed by atoms with Crippen molar-refractivity contribution in [2.45, 2.75) is 12.6 Å². The normalized spacial score (nSPS) is 12.0. The summed E-state index contributed by atoms with van der Waals surface area (Å²) in [5, 5.41) is 2.31. The van der Waals surface area contributed by atoms with Crippen molar-refractivity contribution in [1.82, 2.24) is 0 Å². The van der Waals surface area contributed by atoms with E-state index in [9.17, 15) is 0 Å². The van der Waals surface area contributed by atoms with Crippen LogP contribution in [0.15, 0.2) is 40.9 Å². The van der Waals surface area contributed by atoms with Gasteiger partial charge < -0.3 is 11.5 Å². The summed E-state index contributed by atoms with van der Waals surface area (Å²) in [7, 11) is 0. The molecule has 0 bridgehead atoms. The molecule has 2 rings (SSSR count).